The average Bonchev–Trinajstić information content (AvgIpc) is 3.53. The second kappa shape index (κ2) is 9.56. The molecule has 2 amide bonds. The fourth-order valence-electron chi connectivity index (χ4n) is 3.43. The quantitative estimate of drug-likeness (QED) is 0.249. The van der Waals surface area contributed by atoms with Crippen LogP contribution in [0.3, 0.4) is 0 Å². The van der Waals surface area contributed by atoms with Crippen LogP contribution in [0, 0.1) is 5.82 Å². The van der Waals surface area contributed by atoms with E-state index >= 15 is 0 Å². The Morgan fingerprint density at radius 2 is 1.91 bits per heavy atom. The number of nitrogens with two attached hydrogens (primary N) is 1. The highest BCUT2D eigenvalue weighted by Gasteiger charge is 2.44. The number of anilines is 2. The highest BCUT2D eigenvalue weighted by atomic mass is 79.9. The lowest BCUT2D eigenvalue weighted by molar-refractivity contribution is 0.0730. The summed E-state index contributed by atoms with van der Waals surface area (Å²) >= 11 is 3.26. The Morgan fingerprint density at radius 1 is 1.12 bits per heavy atom. The maximum atomic E-state index is 14.9. The van der Waals surface area contributed by atoms with Gasteiger partial charge in [0, 0.05) is 34.4 Å². The Labute approximate surface area is 202 Å². The van der Waals surface area contributed by atoms with Gasteiger partial charge in [-0.25, -0.2) is 23.9 Å². The average molecular weight is 528 g/mol. The molecular weight excluding hydrogens is 509 g/mol. The molecule has 2 unspecified atom stereocenters. The zero-order chi connectivity index (χ0) is 24.4. The van der Waals surface area contributed by atoms with E-state index in [4.69, 9.17) is 10.5 Å². The van der Waals surface area contributed by atoms with Crippen LogP contribution >= 0.6 is 15.9 Å². The Bertz CT molecular complexity index is 1270. The Hall–Kier alpha value is -3.86. The standard InChI is InChI=1S/C23H19BrFN5O4/c1-11(31)14-4-5-16(25)20(21(14)34-22(32)12-2-6-18(26)27-9-12)15-8-17(15)29-23(33)30-19-7-3-13(24)10-28-19/h2-7,9-10,15,17H,8H2,1H3,(H2,26,27)(H2,28,29,30,33). The van der Waals surface area contributed by atoms with Crippen molar-refractivity contribution >= 4 is 45.3 Å². The third-order valence-electron chi connectivity index (χ3n) is 5.19. The predicted octanol–water partition coefficient (Wildman–Crippen LogP) is 4.06. The number of rotatable bonds is 6. The van der Waals surface area contributed by atoms with Crippen molar-refractivity contribution in [2.75, 3.05) is 11.1 Å². The van der Waals surface area contributed by atoms with Crippen LogP contribution in [0.5, 0.6) is 5.75 Å². The van der Waals surface area contributed by atoms with Gasteiger partial charge in [-0.2, -0.15) is 0 Å². The molecule has 0 radical (unpaired) electrons. The molecule has 1 saturated carbocycles. The Morgan fingerprint density at radius 3 is 2.56 bits per heavy atom. The molecule has 0 bridgehead atoms. The maximum absolute atomic E-state index is 14.9. The molecule has 11 heteroatoms. The van der Waals surface area contributed by atoms with Crippen molar-refractivity contribution in [3.8, 4) is 5.75 Å². The normalized spacial score (nSPS) is 16.4. The predicted molar refractivity (Wildman–Crippen MR) is 125 cm³/mol. The number of nitrogens with zero attached hydrogens (tertiary/aromatic N) is 2. The highest BCUT2D eigenvalue weighted by molar-refractivity contribution is 9.10. The van der Waals surface area contributed by atoms with Crippen molar-refractivity contribution in [1.29, 1.82) is 0 Å². The molecule has 1 aromatic carbocycles. The van der Waals surface area contributed by atoms with Gasteiger partial charge in [-0.05, 0) is 65.7 Å². The van der Waals surface area contributed by atoms with Crippen LogP contribution in [0.15, 0.2) is 53.3 Å². The summed E-state index contributed by atoms with van der Waals surface area (Å²) in [5.41, 5.74) is 5.74. The number of hydrogen-bond acceptors (Lipinski definition) is 7. The van der Waals surface area contributed by atoms with Crippen molar-refractivity contribution in [1.82, 2.24) is 15.3 Å². The number of benzene rings is 1. The first-order chi connectivity index (χ1) is 16.2. The number of amides is 2. The monoisotopic (exact) mass is 527 g/mol. The van der Waals surface area contributed by atoms with Crippen LogP contribution in [-0.4, -0.2) is 33.8 Å². The number of aromatic nitrogens is 2. The number of nitrogens with one attached hydrogen (secondary N) is 2. The molecule has 2 aromatic heterocycles. The van der Waals surface area contributed by atoms with E-state index in [9.17, 15) is 18.8 Å². The third-order valence-corrected chi connectivity index (χ3v) is 5.65. The molecule has 34 heavy (non-hydrogen) atoms. The minimum absolute atomic E-state index is 0.0523. The van der Waals surface area contributed by atoms with Gasteiger partial charge in [0.25, 0.3) is 0 Å². The molecule has 0 aliphatic heterocycles. The van der Waals surface area contributed by atoms with E-state index in [0.717, 1.165) is 10.5 Å². The Balaban J connectivity index is 1.54. The molecule has 4 N–H and O–H groups in total. The van der Waals surface area contributed by atoms with Gasteiger partial charge in [0.05, 0.1) is 11.1 Å². The lowest BCUT2D eigenvalue weighted by Crippen LogP contribution is -2.31. The summed E-state index contributed by atoms with van der Waals surface area (Å²) in [6, 6.07) is 7.65. The summed E-state index contributed by atoms with van der Waals surface area (Å²) < 4.78 is 21.2. The van der Waals surface area contributed by atoms with Crippen LogP contribution in [0.1, 0.15) is 45.5 Å². The summed E-state index contributed by atoms with van der Waals surface area (Å²) in [5.74, 6) is -1.96. The molecule has 4 rings (SSSR count). The second-order valence-electron chi connectivity index (χ2n) is 7.66. The van der Waals surface area contributed by atoms with Gasteiger partial charge in [-0.1, -0.05) is 0 Å². The lowest BCUT2D eigenvalue weighted by Gasteiger charge is -2.15. The van der Waals surface area contributed by atoms with Crippen LogP contribution in [0.2, 0.25) is 0 Å². The number of pyridine rings is 2. The summed E-state index contributed by atoms with van der Waals surface area (Å²) in [4.78, 5) is 45.1. The zero-order valence-electron chi connectivity index (χ0n) is 17.8. The highest BCUT2D eigenvalue weighted by Crippen LogP contribution is 2.47. The van der Waals surface area contributed by atoms with Crippen LogP contribution in [0.25, 0.3) is 0 Å². The second-order valence-corrected chi connectivity index (χ2v) is 8.58. The fraction of sp³-hybridized carbons (Fsp3) is 0.174. The largest absolute Gasteiger partial charge is 0.422 e. The Kier molecular flexibility index (Phi) is 6.55. The number of ketones is 1. The number of esters is 1. The van der Waals surface area contributed by atoms with Crippen molar-refractivity contribution in [2.24, 2.45) is 0 Å². The summed E-state index contributed by atoms with van der Waals surface area (Å²) in [6.45, 7) is 1.29. The minimum Gasteiger partial charge on any atom is -0.422 e. The number of hydrogen-bond donors (Lipinski definition) is 3. The first kappa shape index (κ1) is 23.3. The van der Waals surface area contributed by atoms with E-state index in [1.807, 2.05) is 0 Å². The maximum Gasteiger partial charge on any atom is 0.345 e. The first-order valence-corrected chi connectivity index (χ1v) is 11.0. The summed E-state index contributed by atoms with van der Waals surface area (Å²) in [7, 11) is 0. The smallest absolute Gasteiger partial charge is 0.345 e. The van der Waals surface area contributed by atoms with Crippen LogP contribution in [-0.2, 0) is 0 Å². The molecule has 9 nitrogen and oxygen atoms in total. The van der Waals surface area contributed by atoms with Crippen LogP contribution in [0.4, 0.5) is 20.8 Å². The molecular formula is C23H19BrFN5O4. The molecule has 0 saturated heterocycles. The number of urea groups is 1. The van der Waals surface area contributed by atoms with Gasteiger partial charge in [0.2, 0.25) is 0 Å². The molecule has 0 spiro atoms. The molecule has 1 aliphatic carbocycles. The molecule has 2 heterocycles. The lowest BCUT2D eigenvalue weighted by atomic mass is 10.0. The molecule has 3 aromatic rings. The number of carbonyl (C=O) groups excluding carboxylic acids is 3. The van der Waals surface area contributed by atoms with E-state index in [2.05, 4.69) is 36.5 Å². The van der Waals surface area contributed by atoms with Gasteiger partial charge in [-0.3, -0.25) is 10.1 Å². The summed E-state index contributed by atoms with van der Waals surface area (Å²) in [6.07, 6.45) is 3.16. The fourth-order valence-corrected chi connectivity index (χ4v) is 3.66. The number of ether oxygens (including phenoxy) is 1. The minimum atomic E-state index is -0.814. The van der Waals surface area contributed by atoms with E-state index < -0.39 is 35.6 Å². The molecule has 174 valence electrons. The number of carbonyl (C=O) groups is 3. The van der Waals surface area contributed by atoms with Crippen LogP contribution < -0.4 is 21.1 Å². The van der Waals surface area contributed by atoms with E-state index in [-0.39, 0.29) is 28.3 Å². The molecule has 1 aliphatic rings. The number of halogens is 2. The van der Waals surface area contributed by atoms with Crippen molar-refractivity contribution < 1.29 is 23.5 Å². The van der Waals surface area contributed by atoms with Gasteiger partial charge < -0.3 is 15.8 Å². The summed E-state index contributed by atoms with van der Waals surface area (Å²) in [5, 5.41) is 5.34. The van der Waals surface area contributed by atoms with Gasteiger partial charge >= 0.3 is 12.0 Å². The van der Waals surface area contributed by atoms with Gasteiger partial charge in [0.15, 0.2) is 5.78 Å². The van der Waals surface area contributed by atoms with Gasteiger partial charge in [-0.15, -0.1) is 0 Å². The van der Waals surface area contributed by atoms with E-state index in [1.165, 1.54) is 37.5 Å². The van der Waals surface area contributed by atoms with Crippen molar-refractivity contribution in [3.05, 3.63) is 75.8 Å². The van der Waals surface area contributed by atoms with E-state index in [1.54, 1.807) is 12.1 Å². The van der Waals surface area contributed by atoms with E-state index in [0.29, 0.717) is 12.2 Å². The topological polar surface area (TPSA) is 136 Å². The van der Waals surface area contributed by atoms with Crippen molar-refractivity contribution in [2.45, 2.75) is 25.3 Å². The third kappa shape index (κ3) is 5.20. The number of Topliss-reactive ketones (excluding diaryl/α,β-unsaturated/α-hetero) is 1. The van der Waals surface area contributed by atoms with Gasteiger partial charge in [0.1, 0.15) is 23.2 Å². The molecule has 1 fully saturated rings. The first-order valence-electron chi connectivity index (χ1n) is 10.2. The molecule has 2 atom stereocenters. The number of nitrogen functional groups attached to an aromatic ring is 1. The van der Waals surface area contributed by atoms with Crippen molar-refractivity contribution in [3.63, 3.8) is 0 Å². The SMILES string of the molecule is CC(=O)c1ccc(F)c(C2CC2NC(=O)Nc2ccc(Br)cn2)c1OC(=O)c1ccc(N)nc1. The zero-order valence-corrected chi connectivity index (χ0v) is 19.4.